The van der Waals surface area contributed by atoms with E-state index < -0.39 is 0 Å². The standard InChI is InChI=1S/C11H14N4S/c1-8(2)15-10(13-14-11(15)16)7-9-3-5-12-6-4-9/h3-6,8H,7H2,1-2H3,(H,14,16). The third kappa shape index (κ3) is 2.19. The fourth-order valence-corrected chi connectivity index (χ4v) is 2.04. The first-order valence-electron chi connectivity index (χ1n) is 5.23. The van der Waals surface area contributed by atoms with Crippen molar-refractivity contribution in [1.29, 1.82) is 0 Å². The summed E-state index contributed by atoms with van der Waals surface area (Å²) in [4.78, 5) is 3.99. The number of H-pyrrole nitrogens is 1. The molecule has 84 valence electrons. The van der Waals surface area contributed by atoms with Crippen LogP contribution in [0, 0.1) is 4.77 Å². The molecule has 0 fully saturated rings. The quantitative estimate of drug-likeness (QED) is 0.830. The Labute approximate surface area is 99.4 Å². The average molecular weight is 234 g/mol. The first kappa shape index (κ1) is 11.0. The number of nitrogens with zero attached hydrogens (tertiary/aromatic N) is 3. The molecule has 0 amide bonds. The van der Waals surface area contributed by atoms with Gasteiger partial charge in [-0.1, -0.05) is 0 Å². The van der Waals surface area contributed by atoms with Crippen molar-refractivity contribution >= 4 is 12.2 Å². The second-order valence-electron chi connectivity index (χ2n) is 3.94. The van der Waals surface area contributed by atoms with Gasteiger partial charge in [0.05, 0.1) is 0 Å². The number of nitrogens with one attached hydrogen (secondary N) is 1. The minimum atomic E-state index is 0.322. The molecule has 2 aromatic rings. The molecule has 0 saturated carbocycles. The lowest BCUT2D eigenvalue weighted by atomic mass is 10.2. The summed E-state index contributed by atoms with van der Waals surface area (Å²) in [6, 6.07) is 4.30. The highest BCUT2D eigenvalue weighted by atomic mass is 32.1. The summed E-state index contributed by atoms with van der Waals surface area (Å²) in [5, 5.41) is 7.10. The molecule has 0 unspecified atom stereocenters. The van der Waals surface area contributed by atoms with Crippen molar-refractivity contribution in [3.8, 4) is 0 Å². The van der Waals surface area contributed by atoms with E-state index >= 15 is 0 Å². The van der Waals surface area contributed by atoms with Crippen molar-refractivity contribution in [3.05, 3.63) is 40.7 Å². The number of pyridine rings is 1. The second-order valence-corrected chi connectivity index (χ2v) is 4.33. The van der Waals surface area contributed by atoms with Gasteiger partial charge in [-0.25, -0.2) is 0 Å². The van der Waals surface area contributed by atoms with Crippen LogP contribution in [0.2, 0.25) is 0 Å². The van der Waals surface area contributed by atoms with Crippen molar-refractivity contribution in [1.82, 2.24) is 19.7 Å². The van der Waals surface area contributed by atoms with Crippen LogP contribution in [0.1, 0.15) is 31.3 Å². The molecule has 0 spiro atoms. The zero-order chi connectivity index (χ0) is 11.5. The van der Waals surface area contributed by atoms with E-state index in [0.29, 0.717) is 10.8 Å². The van der Waals surface area contributed by atoms with E-state index in [9.17, 15) is 0 Å². The van der Waals surface area contributed by atoms with E-state index in [0.717, 1.165) is 12.2 Å². The monoisotopic (exact) mass is 234 g/mol. The Morgan fingerprint density at radius 1 is 1.38 bits per heavy atom. The predicted octanol–water partition coefficient (Wildman–Crippen LogP) is 2.51. The topological polar surface area (TPSA) is 46.5 Å². The molecular weight excluding hydrogens is 220 g/mol. The van der Waals surface area contributed by atoms with Crippen LogP contribution in [-0.2, 0) is 6.42 Å². The predicted molar refractivity (Wildman–Crippen MR) is 64.8 cm³/mol. The Morgan fingerprint density at radius 3 is 2.69 bits per heavy atom. The number of aromatic nitrogens is 4. The summed E-state index contributed by atoms with van der Waals surface area (Å²) in [5.41, 5.74) is 1.19. The van der Waals surface area contributed by atoms with Crippen molar-refractivity contribution in [2.45, 2.75) is 26.3 Å². The minimum Gasteiger partial charge on any atom is -0.301 e. The number of hydrogen-bond donors (Lipinski definition) is 1. The maximum Gasteiger partial charge on any atom is 0.195 e. The molecular formula is C11H14N4S. The summed E-state index contributed by atoms with van der Waals surface area (Å²) >= 11 is 5.20. The van der Waals surface area contributed by atoms with Gasteiger partial charge in [0.15, 0.2) is 4.77 Å². The molecule has 2 rings (SSSR count). The molecule has 0 aliphatic rings. The molecule has 5 heteroatoms. The van der Waals surface area contributed by atoms with Crippen LogP contribution in [0.3, 0.4) is 0 Å². The van der Waals surface area contributed by atoms with E-state index in [4.69, 9.17) is 12.2 Å². The molecule has 0 saturated heterocycles. The largest absolute Gasteiger partial charge is 0.301 e. The van der Waals surface area contributed by atoms with Crippen molar-refractivity contribution in [2.24, 2.45) is 0 Å². The van der Waals surface area contributed by atoms with E-state index in [1.165, 1.54) is 5.56 Å². The van der Waals surface area contributed by atoms with E-state index in [-0.39, 0.29) is 0 Å². The Bertz CT molecular complexity index is 512. The molecule has 2 heterocycles. The SMILES string of the molecule is CC(C)n1c(Cc2ccncc2)n[nH]c1=S. The number of aromatic amines is 1. The maximum absolute atomic E-state index is 5.20. The van der Waals surface area contributed by atoms with Gasteiger partial charge in [-0.3, -0.25) is 10.1 Å². The van der Waals surface area contributed by atoms with Gasteiger partial charge in [0.1, 0.15) is 5.82 Å². The summed E-state index contributed by atoms with van der Waals surface area (Å²) in [6.07, 6.45) is 4.35. The van der Waals surface area contributed by atoms with Crippen molar-refractivity contribution < 1.29 is 0 Å². The molecule has 4 nitrogen and oxygen atoms in total. The molecule has 0 aliphatic heterocycles. The van der Waals surface area contributed by atoms with Gasteiger partial charge < -0.3 is 4.57 Å². The molecule has 2 aromatic heterocycles. The lowest BCUT2D eigenvalue weighted by Gasteiger charge is -2.09. The van der Waals surface area contributed by atoms with E-state index in [1.807, 2.05) is 16.7 Å². The van der Waals surface area contributed by atoms with Gasteiger partial charge in [-0.15, -0.1) is 0 Å². The Hall–Kier alpha value is -1.49. The molecule has 16 heavy (non-hydrogen) atoms. The van der Waals surface area contributed by atoms with Gasteiger partial charge >= 0.3 is 0 Å². The average Bonchev–Trinajstić information content (AvgIpc) is 2.61. The second kappa shape index (κ2) is 4.57. The maximum atomic E-state index is 5.20. The van der Waals surface area contributed by atoms with Crippen LogP contribution >= 0.6 is 12.2 Å². The lowest BCUT2D eigenvalue weighted by molar-refractivity contribution is 0.567. The van der Waals surface area contributed by atoms with Gasteiger partial charge in [0.25, 0.3) is 0 Å². The highest BCUT2D eigenvalue weighted by Crippen LogP contribution is 2.12. The van der Waals surface area contributed by atoms with Gasteiger partial charge in [0, 0.05) is 24.9 Å². The summed E-state index contributed by atoms with van der Waals surface area (Å²) < 4.78 is 2.72. The molecule has 0 atom stereocenters. The van der Waals surface area contributed by atoms with E-state index in [1.54, 1.807) is 12.4 Å². The molecule has 0 radical (unpaired) electrons. The van der Waals surface area contributed by atoms with Crippen LogP contribution in [0.5, 0.6) is 0 Å². The summed E-state index contributed by atoms with van der Waals surface area (Å²) in [7, 11) is 0. The summed E-state index contributed by atoms with van der Waals surface area (Å²) in [6.45, 7) is 4.20. The fourth-order valence-electron chi connectivity index (χ4n) is 1.68. The van der Waals surface area contributed by atoms with Gasteiger partial charge in [0.2, 0.25) is 0 Å². The van der Waals surface area contributed by atoms with E-state index in [2.05, 4.69) is 29.0 Å². The van der Waals surface area contributed by atoms with Gasteiger partial charge in [-0.2, -0.15) is 5.10 Å². The Kier molecular flexibility index (Phi) is 3.14. The molecule has 0 aliphatic carbocycles. The summed E-state index contributed by atoms with van der Waals surface area (Å²) in [5.74, 6) is 0.964. The normalized spacial score (nSPS) is 10.9. The van der Waals surface area contributed by atoms with Crippen molar-refractivity contribution in [3.63, 3.8) is 0 Å². The smallest absolute Gasteiger partial charge is 0.195 e. The van der Waals surface area contributed by atoms with Gasteiger partial charge in [-0.05, 0) is 43.8 Å². The molecule has 0 bridgehead atoms. The third-order valence-electron chi connectivity index (χ3n) is 2.41. The number of rotatable bonds is 3. The van der Waals surface area contributed by atoms with Crippen LogP contribution in [0.25, 0.3) is 0 Å². The lowest BCUT2D eigenvalue weighted by Crippen LogP contribution is -2.07. The molecule has 1 N–H and O–H groups in total. The zero-order valence-corrected chi connectivity index (χ0v) is 10.2. The highest BCUT2D eigenvalue weighted by Gasteiger charge is 2.09. The Balaban J connectivity index is 2.32. The highest BCUT2D eigenvalue weighted by molar-refractivity contribution is 7.71. The fraction of sp³-hybridized carbons (Fsp3) is 0.364. The minimum absolute atomic E-state index is 0.322. The number of hydrogen-bond acceptors (Lipinski definition) is 3. The molecule has 0 aromatic carbocycles. The first-order chi connectivity index (χ1) is 7.68. The first-order valence-corrected chi connectivity index (χ1v) is 5.64. The van der Waals surface area contributed by atoms with Crippen LogP contribution in [0.4, 0.5) is 0 Å². The van der Waals surface area contributed by atoms with Crippen LogP contribution in [-0.4, -0.2) is 19.7 Å². The van der Waals surface area contributed by atoms with Crippen molar-refractivity contribution in [2.75, 3.05) is 0 Å². The van der Waals surface area contributed by atoms with Crippen LogP contribution in [0.15, 0.2) is 24.5 Å². The third-order valence-corrected chi connectivity index (χ3v) is 2.69. The Morgan fingerprint density at radius 2 is 2.06 bits per heavy atom. The van der Waals surface area contributed by atoms with Crippen LogP contribution < -0.4 is 0 Å². The zero-order valence-electron chi connectivity index (χ0n) is 9.34.